The summed E-state index contributed by atoms with van der Waals surface area (Å²) in [6.07, 6.45) is 7.91. The van der Waals surface area contributed by atoms with Gasteiger partial charge >= 0.3 is 0 Å². The Kier molecular flexibility index (Phi) is 4.71. The van der Waals surface area contributed by atoms with E-state index in [0.717, 1.165) is 33.0 Å². The Bertz CT molecular complexity index is 999. The summed E-state index contributed by atoms with van der Waals surface area (Å²) in [6, 6.07) is 12.6. The normalized spacial score (nSPS) is 15.6. The van der Waals surface area contributed by atoms with Crippen molar-refractivity contribution < 1.29 is 4.42 Å². The first kappa shape index (κ1) is 17.0. The number of thioether (sulfide) groups is 1. The molecule has 1 aromatic carbocycles. The van der Waals surface area contributed by atoms with Gasteiger partial charge < -0.3 is 4.42 Å². The zero-order valence-electron chi connectivity index (χ0n) is 14.9. The molecule has 3 aromatic heterocycles. The van der Waals surface area contributed by atoms with Crippen LogP contribution in [0.25, 0.3) is 21.8 Å². The van der Waals surface area contributed by atoms with Crippen LogP contribution in [0.3, 0.4) is 0 Å². The summed E-state index contributed by atoms with van der Waals surface area (Å²) in [5.74, 6) is 2.45. The highest BCUT2D eigenvalue weighted by Gasteiger charge is 2.25. The largest absolute Gasteiger partial charge is 0.461 e. The number of para-hydroxylation sites is 1. The molecule has 7 heteroatoms. The van der Waals surface area contributed by atoms with Crippen LogP contribution in [0.15, 0.2) is 52.2 Å². The van der Waals surface area contributed by atoms with Gasteiger partial charge in [-0.1, -0.05) is 43.2 Å². The third-order valence-electron chi connectivity index (χ3n) is 5.01. The van der Waals surface area contributed by atoms with Crippen molar-refractivity contribution >= 4 is 33.3 Å². The second-order valence-electron chi connectivity index (χ2n) is 6.81. The highest BCUT2D eigenvalue weighted by molar-refractivity contribution is 7.98. The van der Waals surface area contributed by atoms with Crippen molar-refractivity contribution in [3.8, 4) is 11.6 Å². The highest BCUT2D eigenvalue weighted by atomic mass is 32.2. The molecule has 0 spiro atoms. The van der Waals surface area contributed by atoms with E-state index < -0.39 is 0 Å². The van der Waals surface area contributed by atoms with Gasteiger partial charge in [0.15, 0.2) is 10.9 Å². The number of rotatable bonds is 5. The Morgan fingerprint density at radius 3 is 2.78 bits per heavy atom. The third-order valence-corrected chi connectivity index (χ3v) is 7.18. The monoisotopic (exact) mass is 396 g/mol. The van der Waals surface area contributed by atoms with Crippen molar-refractivity contribution in [1.82, 2.24) is 19.7 Å². The van der Waals surface area contributed by atoms with Gasteiger partial charge in [0, 0.05) is 6.04 Å². The molecule has 138 valence electrons. The number of benzene rings is 1. The Morgan fingerprint density at radius 2 is 1.96 bits per heavy atom. The Morgan fingerprint density at radius 1 is 1.07 bits per heavy atom. The number of hydrogen-bond acceptors (Lipinski definition) is 6. The standard InChI is InChI=1S/C20H20N4OS2/c1-2-7-14(8-3-1)24-19(16-10-6-12-25-16)22-23-20(24)26-13-18-21-15-9-4-5-11-17(15)27-18/h4-6,9-12,14H,1-3,7-8,13H2. The van der Waals surface area contributed by atoms with Crippen molar-refractivity contribution in [2.24, 2.45) is 0 Å². The molecule has 0 atom stereocenters. The van der Waals surface area contributed by atoms with Crippen LogP contribution < -0.4 is 0 Å². The Labute approximate surface area is 165 Å². The molecule has 0 unspecified atom stereocenters. The summed E-state index contributed by atoms with van der Waals surface area (Å²) >= 11 is 3.48. The number of thiazole rings is 1. The minimum Gasteiger partial charge on any atom is -0.461 e. The molecule has 0 amide bonds. The van der Waals surface area contributed by atoms with Gasteiger partial charge in [0.2, 0.25) is 5.82 Å². The van der Waals surface area contributed by atoms with Crippen molar-refractivity contribution in [2.45, 2.75) is 49.1 Å². The van der Waals surface area contributed by atoms with E-state index in [1.54, 1.807) is 29.4 Å². The van der Waals surface area contributed by atoms with E-state index in [1.807, 2.05) is 18.2 Å². The maximum Gasteiger partial charge on any atom is 0.200 e. The van der Waals surface area contributed by atoms with E-state index in [4.69, 9.17) is 9.40 Å². The molecule has 1 aliphatic carbocycles. The lowest BCUT2D eigenvalue weighted by Gasteiger charge is -2.25. The summed E-state index contributed by atoms with van der Waals surface area (Å²) in [4.78, 5) is 4.75. The van der Waals surface area contributed by atoms with Crippen LogP contribution in [0.5, 0.6) is 0 Å². The van der Waals surface area contributed by atoms with Gasteiger partial charge in [0.05, 0.1) is 22.2 Å². The maximum atomic E-state index is 5.62. The number of hydrogen-bond donors (Lipinski definition) is 0. The first-order valence-electron chi connectivity index (χ1n) is 9.34. The highest BCUT2D eigenvalue weighted by Crippen LogP contribution is 2.37. The summed E-state index contributed by atoms with van der Waals surface area (Å²) < 4.78 is 9.16. The fourth-order valence-electron chi connectivity index (χ4n) is 3.73. The molecule has 1 aliphatic rings. The fraction of sp³-hybridized carbons (Fsp3) is 0.350. The average molecular weight is 397 g/mol. The third kappa shape index (κ3) is 3.41. The van der Waals surface area contributed by atoms with E-state index in [-0.39, 0.29) is 0 Å². The molecule has 0 radical (unpaired) electrons. The molecule has 27 heavy (non-hydrogen) atoms. The molecule has 1 fully saturated rings. The van der Waals surface area contributed by atoms with Crippen LogP contribution in [0, 0.1) is 0 Å². The fourth-order valence-corrected chi connectivity index (χ4v) is 5.69. The van der Waals surface area contributed by atoms with Gasteiger partial charge in [-0.05, 0) is 37.1 Å². The lowest BCUT2D eigenvalue weighted by atomic mass is 9.95. The molecule has 0 N–H and O–H groups in total. The molecule has 1 saturated carbocycles. The quantitative estimate of drug-likeness (QED) is 0.390. The van der Waals surface area contributed by atoms with Crippen molar-refractivity contribution in [1.29, 1.82) is 0 Å². The molecule has 0 bridgehead atoms. The molecule has 0 saturated heterocycles. The van der Waals surface area contributed by atoms with Gasteiger partial charge in [-0.25, -0.2) is 4.98 Å². The summed E-state index contributed by atoms with van der Waals surface area (Å²) in [6.45, 7) is 0. The van der Waals surface area contributed by atoms with Crippen LogP contribution >= 0.6 is 23.1 Å². The first-order valence-corrected chi connectivity index (χ1v) is 11.1. The Balaban J connectivity index is 1.44. The second kappa shape index (κ2) is 7.48. The van der Waals surface area contributed by atoms with Crippen LogP contribution in [0.4, 0.5) is 0 Å². The molecule has 5 rings (SSSR count). The van der Waals surface area contributed by atoms with Crippen LogP contribution in [-0.4, -0.2) is 19.7 Å². The van der Waals surface area contributed by atoms with Gasteiger partial charge in [0.1, 0.15) is 5.01 Å². The number of nitrogens with zero attached hydrogens (tertiary/aromatic N) is 4. The van der Waals surface area contributed by atoms with E-state index in [0.29, 0.717) is 6.04 Å². The van der Waals surface area contributed by atoms with Crippen molar-refractivity contribution in [2.75, 3.05) is 0 Å². The van der Waals surface area contributed by atoms with Crippen LogP contribution in [0.2, 0.25) is 0 Å². The smallest absolute Gasteiger partial charge is 0.200 e. The topological polar surface area (TPSA) is 56.7 Å². The molecule has 4 aromatic rings. The minimum atomic E-state index is 0.451. The SMILES string of the molecule is c1coc(-c2nnc(SCc3nc4ccccc4s3)n2C2CCCCC2)c1. The zero-order valence-corrected chi connectivity index (χ0v) is 16.5. The lowest BCUT2D eigenvalue weighted by molar-refractivity contribution is 0.337. The first-order chi connectivity index (χ1) is 13.4. The molecular weight excluding hydrogens is 376 g/mol. The lowest BCUT2D eigenvalue weighted by Crippen LogP contribution is -2.15. The van der Waals surface area contributed by atoms with E-state index in [2.05, 4.69) is 33.0 Å². The summed E-state index contributed by atoms with van der Waals surface area (Å²) in [5.41, 5.74) is 1.07. The minimum absolute atomic E-state index is 0.451. The van der Waals surface area contributed by atoms with Gasteiger partial charge in [-0.3, -0.25) is 4.57 Å². The van der Waals surface area contributed by atoms with Gasteiger partial charge in [-0.15, -0.1) is 21.5 Å². The van der Waals surface area contributed by atoms with Crippen molar-refractivity contribution in [3.05, 3.63) is 47.7 Å². The molecule has 5 nitrogen and oxygen atoms in total. The summed E-state index contributed by atoms with van der Waals surface area (Å²) in [5, 5.41) is 11.1. The van der Waals surface area contributed by atoms with Crippen LogP contribution in [0.1, 0.15) is 43.2 Å². The molecular formula is C20H20N4OS2. The van der Waals surface area contributed by atoms with Gasteiger partial charge in [-0.2, -0.15) is 0 Å². The zero-order chi connectivity index (χ0) is 18.1. The number of furan rings is 1. The molecule has 3 heterocycles. The molecule has 0 aliphatic heterocycles. The number of aromatic nitrogens is 4. The van der Waals surface area contributed by atoms with Crippen LogP contribution in [-0.2, 0) is 5.75 Å². The predicted molar refractivity (Wildman–Crippen MR) is 109 cm³/mol. The average Bonchev–Trinajstić information content (AvgIpc) is 3.45. The van der Waals surface area contributed by atoms with E-state index in [9.17, 15) is 0 Å². The maximum absolute atomic E-state index is 5.62. The van der Waals surface area contributed by atoms with E-state index in [1.165, 1.54) is 36.8 Å². The predicted octanol–water partition coefficient (Wildman–Crippen LogP) is 5.95. The summed E-state index contributed by atoms with van der Waals surface area (Å²) in [7, 11) is 0. The number of fused-ring (bicyclic) bond motifs is 1. The van der Waals surface area contributed by atoms with E-state index >= 15 is 0 Å². The Hall–Kier alpha value is -2.12. The van der Waals surface area contributed by atoms with Crippen molar-refractivity contribution in [3.63, 3.8) is 0 Å². The van der Waals surface area contributed by atoms with Gasteiger partial charge in [0.25, 0.3) is 0 Å². The second-order valence-corrected chi connectivity index (χ2v) is 8.87.